The van der Waals surface area contributed by atoms with Crippen molar-refractivity contribution in [3.63, 3.8) is 0 Å². The fraction of sp³-hybridized carbons (Fsp3) is 0.0909. The Bertz CT molecular complexity index is 530. The first kappa shape index (κ1) is 12.8. The molecule has 2 rings (SSSR count). The van der Waals surface area contributed by atoms with Gasteiger partial charge in [-0.05, 0) is 40.8 Å². The number of nitrogens with one attached hydrogen (secondary N) is 1. The van der Waals surface area contributed by atoms with E-state index in [4.69, 9.17) is 11.6 Å². The zero-order valence-electron chi connectivity index (χ0n) is 8.61. The first-order chi connectivity index (χ1) is 8.16. The number of carbonyl (C=O) groups is 1. The van der Waals surface area contributed by atoms with Gasteiger partial charge >= 0.3 is 0 Å². The molecule has 17 heavy (non-hydrogen) atoms. The van der Waals surface area contributed by atoms with E-state index in [0.717, 1.165) is 8.45 Å². The van der Waals surface area contributed by atoms with Gasteiger partial charge in [-0.1, -0.05) is 11.6 Å². The van der Waals surface area contributed by atoms with Crippen LogP contribution < -0.4 is 5.32 Å². The van der Waals surface area contributed by atoms with Crippen molar-refractivity contribution in [1.82, 2.24) is 10.3 Å². The standard InChI is InChI=1S/C11H8ClIN2OS/c12-7-1-2-10(13)9(3-7)11(16)15-5-8-4-14-6-17-8/h1-4,6H,5H2,(H,15,16). The molecule has 0 aliphatic rings. The van der Waals surface area contributed by atoms with Crippen LogP contribution in [-0.2, 0) is 6.54 Å². The lowest BCUT2D eigenvalue weighted by Gasteiger charge is -2.06. The Kier molecular flexibility index (Phi) is 4.36. The maximum atomic E-state index is 11.9. The monoisotopic (exact) mass is 378 g/mol. The topological polar surface area (TPSA) is 42.0 Å². The van der Waals surface area contributed by atoms with Crippen molar-refractivity contribution in [3.8, 4) is 0 Å². The molecule has 1 N–H and O–H groups in total. The predicted molar refractivity (Wildman–Crippen MR) is 77.5 cm³/mol. The molecular weight excluding hydrogens is 371 g/mol. The normalized spacial score (nSPS) is 10.2. The van der Waals surface area contributed by atoms with Crippen molar-refractivity contribution >= 4 is 51.4 Å². The summed E-state index contributed by atoms with van der Waals surface area (Å²) >= 11 is 9.50. The third kappa shape index (κ3) is 3.40. The summed E-state index contributed by atoms with van der Waals surface area (Å²) < 4.78 is 0.883. The summed E-state index contributed by atoms with van der Waals surface area (Å²) in [5.41, 5.74) is 2.34. The summed E-state index contributed by atoms with van der Waals surface area (Å²) in [5, 5.41) is 3.40. The second-order valence-corrected chi connectivity index (χ2v) is 5.84. The lowest BCUT2D eigenvalue weighted by molar-refractivity contribution is 0.0950. The molecule has 0 unspecified atom stereocenters. The van der Waals surface area contributed by atoms with E-state index in [1.54, 1.807) is 23.8 Å². The van der Waals surface area contributed by atoms with Gasteiger partial charge in [0.25, 0.3) is 5.91 Å². The van der Waals surface area contributed by atoms with Crippen LogP contribution in [0.1, 0.15) is 15.2 Å². The molecule has 1 aromatic heterocycles. The van der Waals surface area contributed by atoms with Crippen molar-refractivity contribution in [2.45, 2.75) is 6.54 Å². The lowest BCUT2D eigenvalue weighted by Crippen LogP contribution is -2.23. The van der Waals surface area contributed by atoms with E-state index in [0.29, 0.717) is 17.1 Å². The number of hydrogen-bond acceptors (Lipinski definition) is 3. The quantitative estimate of drug-likeness (QED) is 0.833. The van der Waals surface area contributed by atoms with Gasteiger partial charge < -0.3 is 5.32 Å². The van der Waals surface area contributed by atoms with Gasteiger partial charge in [-0.25, -0.2) is 0 Å². The van der Waals surface area contributed by atoms with Crippen LogP contribution in [0.4, 0.5) is 0 Å². The van der Waals surface area contributed by atoms with E-state index in [9.17, 15) is 4.79 Å². The lowest BCUT2D eigenvalue weighted by atomic mass is 10.2. The van der Waals surface area contributed by atoms with Gasteiger partial charge in [0.05, 0.1) is 17.6 Å². The molecule has 3 nitrogen and oxygen atoms in total. The highest BCUT2D eigenvalue weighted by molar-refractivity contribution is 14.1. The zero-order valence-corrected chi connectivity index (χ0v) is 12.3. The Morgan fingerprint density at radius 3 is 3.06 bits per heavy atom. The van der Waals surface area contributed by atoms with E-state index in [1.165, 1.54) is 11.3 Å². The van der Waals surface area contributed by atoms with Crippen molar-refractivity contribution in [1.29, 1.82) is 0 Å². The predicted octanol–water partition coefficient (Wildman–Crippen LogP) is 3.33. The largest absolute Gasteiger partial charge is 0.347 e. The summed E-state index contributed by atoms with van der Waals surface area (Å²) in [6.45, 7) is 0.492. The first-order valence-electron chi connectivity index (χ1n) is 4.77. The zero-order chi connectivity index (χ0) is 12.3. The van der Waals surface area contributed by atoms with E-state index < -0.39 is 0 Å². The molecule has 0 spiro atoms. The molecule has 2 aromatic rings. The number of halogens is 2. The summed E-state index contributed by atoms with van der Waals surface area (Å²) in [6.07, 6.45) is 1.74. The molecule has 0 aliphatic heterocycles. The smallest absolute Gasteiger partial charge is 0.252 e. The van der Waals surface area contributed by atoms with Crippen LogP contribution in [0, 0.1) is 3.57 Å². The number of thiazole rings is 1. The molecule has 0 atom stereocenters. The van der Waals surface area contributed by atoms with Crippen molar-refractivity contribution < 1.29 is 4.79 Å². The summed E-state index contributed by atoms with van der Waals surface area (Å²) in [6, 6.07) is 5.26. The molecule has 0 radical (unpaired) electrons. The van der Waals surface area contributed by atoms with Crippen LogP contribution in [0.3, 0.4) is 0 Å². The number of nitrogens with zero attached hydrogens (tertiary/aromatic N) is 1. The molecule has 0 saturated heterocycles. The Balaban J connectivity index is 2.07. The Labute approximate surface area is 121 Å². The molecule has 0 aliphatic carbocycles. The van der Waals surface area contributed by atoms with E-state index in [1.807, 2.05) is 6.07 Å². The fourth-order valence-corrected chi connectivity index (χ4v) is 2.55. The van der Waals surface area contributed by atoms with Crippen LogP contribution in [-0.4, -0.2) is 10.9 Å². The number of amides is 1. The third-order valence-corrected chi connectivity index (χ3v) is 4.04. The van der Waals surface area contributed by atoms with Crippen LogP contribution in [0.15, 0.2) is 29.9 Å². The Hall–Kier alpha value is -0.660. The average Bonchev–Trinajstić information content (AvgIpc) is 2.82. The van der Waals surface area contributed by atoms with Gasteiger partial charge in [0.2, 0.25) is 0 Å². The number of rotatable bonds is 3. The molecular formula is C11H8ClIN2OS. The number of hydrogen-bond donors (Lipinski definition) is 1. The van der Waals surface area contributed by atoms with Crippen molar-refractivity contribution in [2.75, 3.05) is 0 Å². The minimum atomic E-state index is -0.120. The minimum Gasteiger partial charge on any atom is -0.347 e. The van der Waals surface area contributed by atoms with Crippen molar-refractivity contribution in [3.05, 3.63) is 48.9 Å². The second-order valence-electron chi connectivity index (χ2n) is 3.27. The molecule has 88 valence electrons. The summed E-state index contributed by atoms with van der Waals surface area (Å²) in [7, 11) is 0. The maximum absolute atomic E-state index is 11.9. The molecule has 1 heterocycles. The maximum Gasteiger partial charge on any atom is 0.252 e. The van der Waals surface area contributed by atoms with Gasteiger partial charge in [-0.2, -0.15) is 0 Å². The highest BCUT2D eigenvalue weighted by Crippen LogP contribution is 2.18. The van der Waals surface area contributed by atoms with Crippen LogP contribution in [0.25, 0.3) is 0 Å². The molecule has 0 saturated carbocycles. The van der Waals surface area contributed by atoms with Gasteiger partial charge in [-0.3, -0.25) is 9.78 Å². The van der Waals surface area contributed by atoms with E-state index >= 15 is 0 Å². The Morgan fingerprint density at radius 2 is 2.35 bits per heavy atom. The fourth-order valence-electron chi connectivity index (χ4n) is 1.26. The number of aromatic nitrogens is 1. The van der Waals surface area contributed by atoms with Crippen LogP contribution >= 0.6 is 45.5 Å². The van der Waals surface area contributed by atoms with Gasteiger partial charge in [0, 0.05) is 19.7 Å². The van der Waals surface area contributed by atoms with Gasteiger partial charge in [0.1, 0.15) is 0 Å². The van der Waals surface area contributed by atoms with E-state index in [2.05, 4.69) is 32.9 Å². The number of carbonyl (C=O) groups excluding carboxylic acids is 1. The highest BCUT2D eigenvalue weighted by Gasteiger charge is 2.10. The first-order valence-corrected chi connectivity index (χ1v) is 7.11. The summed E-state index contributed by atoms with van der Waals surface area (Å²) in [4.78, 5) is 16.9. The molecule has 6 heteroatoms. The van der Waals surface area contributed by atoms with Crippen molar-refractivity contribution in [2.24, 2.45) is 0 Å². The SMILES string of the molecule is O=C(NCc1cncs1)c1cc(Cl)ccc1I. The third-order valence-electron chi connectivity index (χ3n) is 2.08. The molecule has 0 fully saturated rings. The van der Waals surface area contributed by atoms with E-state index in [-0.39, 0.29) is 5.91 Å². The Morgan fingerprint density at radius 1 is 1.53 bits per heavy atom. The number of benzene rings is 1. The molecule has 1 amide bonds. The minimum absolute atomic E-state index is 0.120. The van der Waals surface area contributed by atoms with Gasteiger partial charge in [-0.15, -0.1) is 11.3 Å². The molecule has 0 bridgehead atoms. The van der Waals surface area contributed by atoms with Crippen LogP contribution in [0.5, 0.6) is 0 Å². The molecule has 1 aromatic carbocycles. The average molecular weight is 379 g/mol. The second kappa shape index (κ2) is 5.79. The highest BCUT2D eigenvalue weighted by atomic mass is 127. The summed E-state index contributed by atoms with van der Waals surface area (Å²) in [5.74, 6) is -0.120. The van der Waals surface area contributed by atoms with Crippen LogP contribution in [0.2, 0.25) is 5.02 Å². The van der Waals surface area contributed by atoms with Gasteiger partial charge in [0.15, 0.2) is 0 Å².